The SMILES string of the molecule is Nc1ccc(I)cc1-c1nc2ccccc2n1C1CC1. The van der Waals surface area contributed by atoms with Crippen molar-refractivity contribution in [2.24, 2.45) is 0 Å². The molecule has 0 atom stereocenters. The Hall–Kier alpha value is -1.56. The molecule has 0 radical (unpaired) electrons. The molecule has 1 aromatic heterocycles. The van der Waals surface area contributed by atoms with Crippen molar-refractivity contribution in [3.63, 3.8) is 0 Å². The van der Waals surface area contributed by atoms with Crippen LogP contribution in [-0.2, 0) is 0 Å². The molecule has 3 nitrogen and oxygen atoms in total. The van der Waals surface area contributed by atoms with Crippen molar-refractivity contribution in [1.29, 1.82) is 0 Å². The minimum Gasteiger partial charge on any atom is -0.398 e. The predicted molar refractivity (Wildman–Crippen MR) is 90.6 cm³/mol. The highest BCUT2D eigenvalue weighted by Gasteiger charge is 2.29. The van der Waals surface area contributed by atoms with Crippen LogP contribution in [0, 0.1) is 3.57 Å². The summed E-state index contributed by atoms with van der Waals surface area (Å²) in [6.45, 7) is 0. The van der Waals surface area contributed by atoms with Crippen LogP contribution in [-0.4, -0.2) is 9.55 Å². The van der Waals surface area contributed by atoms with Crippen LogP contribution in [0.15, 0.2) is 42.5 Å². The smallest absolute Gasteiger partial charge is 0.143 e. The summed E-state index contributed by atoms with van der Waals surface area (Å²) >= 11 is 2.32. The third-order valence-electron chi connectivity index (χ3n) is 3.76. The molecule has 20 heavy (non-hydrogen) atoms. The van der Waals surface area contributed by atoms with Crippen molar-refractivity contribution < 1.29 is 0 Å². The second-order valence-corrected chi connectivity index (χ2v) is 6.50. The van der Waals surface area contributed by atoms with Gasteiger partial charge in [0.25, 0.3) is 0 Å². The first kappa shape index (κ1) is 12.2. The number of para-hydroxylation sites is 2. The highest BCUT2D eigenvalue weighted by atomic mass is 127. The second-order valence-electron chi connectivity index (χ2n) is 5.26. The highest BCUT2D eigenvalue weighted by Crippen LogP contribution is 2.42. The van der Waals surface area contributed by atoms with Gasteiger partial charge in [-0.2, -0.15) is 0 Å². The van der Waals surface area contributed by atoms with Crippen molar-refractivity contribution in [1.82, 2.24) is 9.55 Å². The van der Waals surface area contributed by atoms with E-state index in [1.165, 1.54) is 21.9 Å². The maximum atomic E-state index is 6.18. The number of hydrogen-bond acceptors (Lipinski definition) is 2. The van der Waals surface area contributed by atoms with E-state index in [0.717, 1.165) is 22.6 Å². The molecule has 1 aliphatic carbocycles. The van der Waals surface area contributed by atoms with Crippen LogP contribution in [0.1, 0.15) is 18.9 Å². The van der Waals surface area contributed by atoms with Crippen LogP contribution in [0.4, 0.5) is 5.69 Å². The van der Waals surface area contributed by atoms with Crippen LogP contribution in [0.25, 0.3) is 22.4 Å². The van der Waals surface area contributed by atoms with Gasteiger partial charge < -0.3 is 10.3 Å². The molecule has 2 N–H and O–H groups in total. The zero-order valence-electron chi connectivity index (χ0n) is 10.9. The molecule has 4 rings (SSSR count). The summed E-state index contributed by atoms with van der Waals surface area (Å²) in [6.07, 6.45) is 2.47. The van der Waals surface area contributed by atoms with Gasteiger partial charge in [-0.05, 0) is 65.8 Å². The van der Waals surface area contributed by atoms with E-state index in [2.05, 4.69) is 51.4 Å². The van der Waals surface area contributed by atoms with E-state index >= 15 is 0 Å². The Bertz CT molecular complexity index is 803. The highest BCUT2D eigenvalue weighted by molar-refractivity contribution is 14.1. The van der Waals surface area contributed by atoms with E-state index in [4.69, 9.17) is 10.7 Å². The lowest BCUT2D eigenvalue weighted by Crippen LogP contribution is -2.00. The van der Waals surface area contributed by atoms with Crippen LogP contribution in [0.2, 0.25) is 0 Å². The normalized spacial score (nSPS) is 14.8. The van der Waals surface area contributed by atoms with Crippen LogP contribution >= 0.6 is 22.6 Å². The lowest BCUT2D eigenvalue weighted by Gasteiger charge is -2.10. The lowest BCUT2D eigenvalue weighted by molar-refractivity contribution is 0.775. The summed E-state index contributed by atoms with van der Waals surface area (Å²) in [6, 6.07) is 15.0. The summed E-state index contributed by atoms with van der Waals surface area (Å²) in [5.41, 5.74) is 10.3. The molecular weight excluding hydrogens is 361 g/mol. The molecule has 3 aromatic rings. The minimum atomic E-state index is 0.578. The van der Waals surface area contributed by atoms with Gasteiger partial charge in [0.05, 0.1) is 11.0 Å². The van der Waals surface area contributed by atoms with E-state index in [9.17, 15) is 0 Å². The summed E-state index contributed by atoms with van der Waals surface area (Å²) < 4.78 is 3.54. The van der Waals surface area contributed by atoms with Gasteiger partial charge in [-0.15, -0.1) is 0 Å². The average Bonchev–Trinajstić information content (AvgIpc) is 3.21. The summed E-state index contributed by atoms with van der Waals surface area (Å²) in [4.78, 5) is 4.83. The molecule has 1 fully saturated rings. The number of nitrogens with two attached hydrogens (primary N) is 1. The fourth-order valence-electron chi connectivity index (χ4n) is 2.66. The second kappa shape index (κ2) is 4.48. The molecule has 4 heteroatoms. The Kier molecular flexibility index (Phi) is 2.73. The van der Waals surface area contributed by atoms with Gasteiger partial charge >= 0.3 is 0 Å². The number of aromatic nitrogens is 2. The van der Waals surface area contributed by atoms with E-state index in [1.54, 1.807) is 0 Å². The molecule has 1 aliphatic rings. The molecular formula is C16H14IN3. The van der Waals surface area contributed by atoms with Gasteiger partial charge in [-0.1, -0.05) is 12.1 Å². The number of nitrogen functional groups attached to an aromatic ring is 1. The molecule has 0 spiro atoms. The van der Waals surface area contributed by atoms with Crippen molar-refractivity contribution in [3.05, 3.63) is 46.0 Å². The summed E-state index contributed by atoms with van der Waals surface area (Å²) in [7, 11) is 0. The van der Waals surface area contributed by atoms with Gasteiger partial charge in [0, 0.05) is 20.9 Å². The molecule has 100 valence electrons. The third-order valence-corrected chi connectivity index (χ3v) is 4.44. The molecule has 0 aliphatic heterocycles. The fraction of sp³-hybridized carbons (Fsp3) is 0.188. The predicted octanol–water partition coefficient (Wildman–Crippen LogP) is 4.23. The monoisotopic (exact) mass is 375 g/mol. The molecule has 1 heterocycles. The van der Waals surface area contributed by atoms with Gasteiger partial charge in [-0.3, -0.25) is 0 Å². The lowest BCUT2D eigenvalue weighted by atomic mass is 10.1. The van der Waals surface area contributed by atoms with Crippen molar-refractivity contribution in [2.45, 2.75) is 18.9 Å². The zero-order valence-corrected chi connectivity index (χ0v) is 13.0. The zero-order chi connectivity index (χ0) is 13.7. The first-order valence-electron chi connectivity index (χ1n) is 6.76. The van der Waals surface area contributed by atoms with Crippen molar-refractivity contribution in [2.75, 3.05) is 5.73 Å². The number of anilines is 1. The third kappa shape index (κ3) is 1.90. The average molecular weight is 375 g/mol. The molecule has 0 bridgehead atoms. The molecule has 0 unspecified atom stereocenters. The number of hydrogen-bond donors (Lipinski definition) is 1. The number of imidazole rings is 1. The summed E-state index contributed by atoms with van der Waals surface area (Å²) in [5, 5.41) is 0. The Labute approximate surface area is 130 Å². The van der Waals surface area contributed by atoms with E-state index in [1.807, 2.05) is 18.2 Å². The fourth-order valence-corrected chi connectivity index (χ4v) is 3.15. The van der Waals surface area contributed by atoms with E-state index < -0.39 is 0 Å². The van der Waals surface area contributed by atoms with Gasteiger partial charge in [0.1, 0.15) is 5.82 Å². The maximum absolute atomic E-state index is 6.18. The maximum Gasteiger partial charge on any atom is 0.143 e. The topological polar surface area (TPSA) is 43.8 Å². The van der Waals surface area contributed by atoms with Crippen LogP contribution in [0.3, 0.4) is 0 Å². The van der Waals surface area contributed by atoms with E-state index in [0.29, 0.717) is 6.04 Å². The van der Waals surface area contributed by atoms with Gasteiger partial charge in [0.15, 0.2) is 0 Å². The van der Waals surface area contributed by atoms with Crippen LogP contribution in [0.5, 0.6) is 0 Å². The van der Waals surface area contributed by atoms with Gasteiger partial charge in [-0.25, -0.2) is 4.98 Å². The number of fused-ring (bicyclic) bond motifs is 1. The van der Waals surface area contributed by atoms with Crippen molar-refractivity contribution in [3.8, 4) is 11.4 Å². The Balaban J connectivity index is 2.03. The van der Waals surface area contributed by atoms with Crippen LogP contribution < -0.4 is 5.73 Å². The number of halogens is 1. The number of benzene rings is 2. The van der Waals surface area contributed by atoms with Crippen molar-refractivity contribution >= 4 is 39.3 Å². The molecule has 2 aromatic carbocycles. The van der Waals surface area contributed by atoms with E-state index in [-0.39, 0.29) is 0 Å². The quantitative estimate of drug-likeness (QED) is 0.538. The first-order valence-corrected chi connectivity index (χ1v) is 7.84. The Morgan fingerprint density at radius 3 is 2.75 bits per heavy atom. The Morgan fingerprint density at radius 1 is 1.15 bits per heavy atom. The number of rotatable bonds is 2. The molecule has 0 saturated heterocycles. The first-order chi connectivity index (χ1) is 9.74. The van der Waals surface area contributed by atoms with Gasteiger partial charge in [0.2, 0.25) is 0 Å². The standard InChI is InChI=1S/C16H14IN3/c17-10-5-8-13(18)12(9-10)16-19-14-3-1-2-4-15(14)20(16)11-6-7-11/h1-5,8-9,11H,6-7,18H2. The minimum absolute atomic E-state index is 0.578. The number of nitrogens with zero attached hydrogens (tertiary/aromatic N) is 2. The Morgan fingerprint density at radius 2 is 1.95 bits per heavy atom. The molecule has 1 saturated carbocycles. The summed E-state index contributed by atoms with van der Waals surface area (Å²) in [5.74, 6) is 1.00. The molecule has 0 amide bonds. The largest absolute Gasteiger partial charge is 0.398 e.